The summed E-state index contributed by atoms with van der Waals surface area (Å²) >= 11 is 3.80. The number of para-hydroxylation sites is 1. The fraction of sp³-hybridized carbons (Fsp3) is 0.571. The minimum Gasteiger partial charge on any atom is -0.469 e. The van der Waals surface area contributed by atoms with Crippen LogP contribution < -0.4 is 0 Å². The van der Waals surface area contributed by atoms with Gasteiger partial charge in [-0.15, -0.1) is 0 Å². The number of aliphatic hydroxyl groups is 1. The zero-order chi connectivity index (χ0) is 18.7. The number of nitrogens with one attached hydrogen (secondary N) is 1. The van der Waals surface area contributed by atoms with E-state index in [0.717, 1.165) is 25.9 Å². The summed E-state index contributed by atoms with van der Waals surface area (Å²) in [6.07, 6.45) is 1.91. The molecule has 0 amide bonds. The fourth-order valence-electron chi connectivity index (χ4n) is 5.79. The van der Waals surface area contributed by atoms with Gasteiger partial charge in [0, 0.05) is 34.5 Å². The normalized spacial score (nSPS) is 36.0. The summed E-state index contributed by atoms with van der Waals surface area (Å²) in [5.74, 6) is -0.201. The number of esters is 1. The maximum Gasteiger partial charge on any atom is 0.311 e. The molecule has 2 fully saturated rings. The summed E-state index contributed by atoms with van der Waals surface area (Å²) in [6.45, 7) is 2.01. The molecular weight excluding hydrogens is 408 g/mol. The second-order valence-corrected chi connectivity index (χ2v) is 9.43. The SMILES string of the molecule is COC(=O)C1C(O)CC(Br)C2CN3CCc4c([nH]c5ccccc45)C3CC21. The van der Waals surface area contributed by atoms with Gasteiger partial charge in [0.2, 0.25) is 0 Å². The topological polar surface area (TPSA) is 65.6 Å². The third kappa shape index (κ3) is 2.68. The van der Waals surface area contributed by atoms with Gasteiger partial charge in [-0.3, -0.25) is 9.69 Å². The Bertz CT molecular complexity index is 881. The van der Waals surface area contributed by atoms with Gasteiger partial charge in [-0.2, -0.15) is 0 Å². The molecule has 1 aromatic heterocycles. The van der Waals surface area contributed by atoms with E-state index in [2.05, 4.69) is 50.1 Å². The van der Waals surface area contributed by atoms with Crippen molar-refractivity contribution in [2.24, 2.45) is 17.8 Å². The first-order valence-electron chi connectivity index (χ1n) is 9.82. The van der Waals surface area contributed by atoms with Crippen LogP contribution >= 0.6 is 15.9 Å². The molecule has 6 heteroatoms. The molecule has 6 unspecified atom stereocenters. The van der Waals surface area contributed by atoms with Crippen LogP contribution in [-0.2, 0) is 16.0 Å². The molecule has 3 aliphatic rings. The summed E-state index contributed by atoms with van der Waals surface area (Å²) in [4.78, 5) is 18.9. The highest BCUT2D eigenvalue weighted by Gasteiger charge is 2.52. The van der Waals surface area contributed by atoms with Crippen LogP contribution in [0.1, 0.15) is 30.1 Å². The predicted octanol–water partition coefficient (Wildman–Crippen LogP) is 3.02. The number of aliphatic hydroxyl groups excluding tert-OH is 1. The van der Waals surface area contributed by atoms with Gasteiger partial charge in [0.1, 0.15) is 0 Å². The zero-order valence-electron chi connectivity index (χ0n) is 15.4. The van der Waals surface area contributed by atoms with Gasteiger partial charge in [-0.1, -0.05) is 34.1 Å². The average molecular weight is 433 g/mol. The molecule has 2 aliphatic heterocycles. The number of methoxy groups -OCH3 is 1. The predicted molar refractivity (Wildman–Crippen MR) is 107 cm³/mol. The van der Waals surface area contributed by atoms with E-state index in [1.54, 1.807) is 0 Å². The van der Waals surface area contributed by atoms with Gasteiger partial charge in [0.15, 0.2) is 0 Å². The van der Waals surface area contributed by atoms with Gasteiger partial charge in [-0.05, 0) is 42.7 Å². The van der Waals surface area contributed by atoms with Gasteiger partial charge in [0.05, 0.1) is 25.2 Å². The Morgan fingerprint density at radius 3 is 2.93 bits per heavy atom. The summed E-state index contributed by atoms with van der Waals surface area (Å²) in [5, 5.41) is 12.0. The van der Waals surface area contributed by atoms with Gasteiger partial charge >= 0.3 is 5.97 Å². The Kier molecular flexibility index (Phi) is 4.33. The minimum absolute atomic E-state index is 0.129. The number of aromatic amines is 1. The molecule has 2 aromatic rings. The smallest absolute Gasteiger partial charge is 0.311 e. The number of aromatic nitrogens is 1. The van der Waals surface area contributed by atoms with Crippen molar-refractivity contribution >= 4 is 32.8 Å². The number of fused-ring (bicyclic) bond motifs is 6. The van der Waals surface area contributed by atoms with Crippen LogP contribution in [0.25, 0.3) is 10.9 Å². The van der Waals surface area contributed by atoms with Crippen molar-refractivity contribution in [3.8, 4) is 0 Å². The average Bonchev–Trinajstić information content (AvgIpc) is 3.06. The first-order chi connectivity index (χ1) is 13.1. The number of rotatable bonds is 1. The van der Waals surface area contributed by atoms with E-state index >= 15 is 0 Å². The molecule has 0 bridgehead atoms. The van der Waals surface area contributed by atoms with E-state index in [1.807, 2.05) is 0 Å². The highest BCUT2D eigenvalue weighted by atomic mass is 79.9. The molecular formula is C21H25BrN2O3. The molecule has 1 saturated carbocycles. The number of carbonyl (C=O) groups is 1. The quantitative estimate of drug-likeness (QED) is 0.536. The molecule has 0 radical (unpaired) electrons. The molecule has 144 valence electrons. The van der Waals surface area contributed by atoms with Gasteiger partial charge in [0.25, 0.3) is 0 Å². The third-order valence-electron chi connectivity index (χ3n) is 7.04. The van der Waals surface area contributed by atoms with Crippen molar-refractivity contribution in [3.63, 3.8) is 0 Å². The van der Waals surface area contributed by atoms with Crippen molar-refractivity contribution in [2.75, 3.05) is 20.2 Å². The molecule has 0 spiro atoms. The zero-order valence-corrected chi connectivity index (χ0v) is 17.0. The lowest BCUT2D eigenvalue weighted by Crippen LogP contribution is -2.56. The number of halogens is 1. The number of piperidine rings is 1. The van der Waals surface area contributed by atoms with Gasteiger partial charge < -0.3 is 14.8 Å². The monoisotopic (exact) mass is 432 g/mol. The molecule has 5 rings (SSSR count). The van der Waals surface area contributed by atoms with E-state index < -0.39 is 12.0 Å². The van der Waals surface area contributed by atoms with E-state index in [-0.39, 0.29) is 22.8 Å². The number of carbonyl (C=O) groups excluding carboxylic acids is 1. The number of benzene rings is 1. The second-order valence-electron chi connectivity index (χ2n) is 8.25. The second kappa shape index (κ2) is 6.61. The van der Waals surface area contributed by atoms with E-state index in [9.17, 15) is 9.90 Å². The van der Waals surface area contributed by atoms with Crippen LogP contribution in [0.5, 0.6) is 0 Å². The number of hydrogen-bond acceptors (Lipinski definition) is 4. The molecule has 27 heavy (non-hydrogen) atoms. The Morgan fingerprint density at radius 2 is 2.11 bits per heavy atom. The lowest BCUT2D eigenvalue weighted by atomic mass is 9.65. The molecule has 1 saturated heterocycles. The number of ether oxygens (including phenoxy) is 1. The van der Waals surface area contributed by atoms with Crippen molar-refractivity contribution in [1.29, 1.82) is 0 Å². The standard InChI is InChI=1S/C21H25BrN2O3/c1-27-21(26)19-13-8-17-20-12(11-4-2-3-5-16(11)23-20)6-7-24(17)10-14(13)15(22)9-18(19)25/h2-5,13-15,17-19,23,25H,6-10H2,1H3. The van der Waals surface area contributed by atoms with Crippen LogP contribution in [-0.4, -0.2) is 52.1 Å². The Labute approximate surface area is 167 Å². The molecule has 1 aliphatic carbocycles. The van der Waals surface area contributed by atoms with Crippen LogP contribution in [0.15, 0.2) is 24.3 Å². The first kappa shape index (κ1) is 17.7. The maximum absolute atomic E-state index is 12.5. The van der Waals surface area contributed by atoms with Crippen molar-refractivity contribution in [3.05, 3.63) is 35.5 Å². The minimum atomic E-state index is -0.639. The molecule has 3 heterocycles. The largest absolute Gasteiger partial charge is 0.469 e. The van der Waals surface area contributed by atoms with E-state index in [0.29, 0.717) is 12.3 Å². The third-order valence-corrected chi connectivity index (χ3v) is 8.09. The molecule has 1 aromatic carbocycles. The van der Waals surface area contributed by atoms with Crippen LogP contribution in [0.3, 0.4) is 0 Å². The van der Waals surface area contributed by atoms with Crippen molar-refractivity contribution < 1.29 is 14.6 Å². The lowest BCUT2D eigenvalue weighted by molar-refractivity contribution is -0.159. The fourth-order valence-corrected chi connectivity index (χ4v) is 6.74. The van der Waals surface area contributed by atoms with Crippen LogP contribution in [0, 0.1) is 17.8 Å². The number of hydrogen-bond donors (Lipinski definition) is 2. The highest BCUT2D eigenvalue weighted by molar-refractivity contribution is 9.09. The van der Waals surface area contributed by atoms with Crippen molar-refractivity contribution in [1.82, 2.24) is 9.88 Å². The summed E-state index contributed by atoms with van der Waals surface area (Å²) in [6, 6.07) is 8.78. The van der Waals surface area contributed by atoms with Crippen molar-refractivity contribution in [2.45, 2.75) is 36.2 Å². The Balaban J connectivity index is 1.54. The molecule has 5 nitrogen and oxygen atoms in total. The molecule has 6 atom stereocenters. The van der Waals surface area contributed by atoms with Gasteiger partial charge in [-0.25, -0.2) is 0 Å². The number of alkyl halides is 1. The maximum atomic E-state index is 12.5. The number of H-pyrrole nitrogens is 1. The van der Waals surface area contributed by atoms with E-state index in [1.165, 1.54) is 29.3 Å². The number of nitrogens with zero attached hydrogens (tertiary/aromatic N) is 1. The molecule has 2 N–H and O–H groups in total. The Hall–Kier alpha value is -1.37. The Morgan fingerprint density at radius 1 is 1.30 bits per heavy atom. The van der Waals surface area contributed by atoms with Crippen LogP contribution in [0.2, 0.25) is 0 Å². The van der Waals surface area contributed by atoms with E-state index in [4.69, 9.17) is 4.74 Å². The van der Waals surface area contributed by atoms with Crippen LogP contribution in [0.4, 0.5) is 0 Å². The first-order valence-corrected chi connectivity index (χ1v) is 10.7. The lowest BCUT2D eigenvalue weighted by Gasteiger charge is -2.52. The highest BCUT2D eigenvalue weighted by Crippen LogP contribution is 2.50. The summed E-state index contributed by atoms with van der Waals surface area (Å²) in [7, 11) is 1.43. The summed E-state index contributed by atoms with van der Waals surface area (Å²) < 4.78 is 5.06. The summed E-state index contributed by atoms with van der Waals surface area (Å²) in [5.41, 5.74) is 3.92.